The Balaban J connectivity index is 1.60. The van der Waals surface area contributed by atoms with Gasteiger partial charge in [-0.25, -0.2) is 4.79 Å². The molecule has 1 aliphatic carbocycles. The standard InChI is InChI=1S/C18H27N3O3/c1-13(4-2-5-14-6-3-11-19-12-14)20-18(24)21-16-9-7-15(8-10-16)17(22)23/h3,6,11-13,15-16H,2,4-5,7-10H2,1H3,(H,22,23)(H2,20,21,24). The van der Waals surface area contributed by atoms with Gasteiger partial charge in [0, 0.05) is 24.5 Å². The van der Waals surface area contributed by atoms with Crippen LogP contribution in [0, 0.1) is 5.92 Å². The Bertz CT molecular complexity index is 528. The third-order valence-electron chi connectivity index (χ3n) is 4.61. The smallest absolute Gasteiger partial charge is 0.315 e. The minimum atomic E-state index is -0.722. The molecule has 0 aromatic carbocycles. The van der Waals surface area contributed by atoms with Gasteiger partial charge in [-0.15, -0.1) is 0 Å². The van der Waals surface area contributed by atoms with Crippen molar-refractivity contribution in [1.29, 1.82) is 0 Å². The van der Waals surface area contributed by atoms with Crippen molar-refractivity contribution >= 4 is 12.0 Å². The van der Waals surface area contributed by atoms with Crippen molar-refractivity contribution in [3.05, 3.63) is 30.1 Å². The molecule has 1 unspecified atom stereocenters. The highest BCUT2D eigenvalue weighted by Gasteiger charge is 2.26. The molecule has 0 radical (unpaired) electrons. The molecule has 1 fully saturated rings. The number of carbonyl (C=O) groups is 2. The number of aromatic nitrogens is 1. The van der Waals surface area contributed by atoms with Gasteiger partial charge in [-0.2, -0.15) is 0 Å². The predicted molar refractivity (Wildman–Crippen MR) is 91.7 cm³/mol. The maximum absolute atomic E-state index is 12.0. The quantitative estimate of drug-likeness (QED) is 0.715. The van der Waals surface area contributed by atoms with E-state index in [1.54, 1.807) is 6.20 Å². The molecule has 0 bridgehead atoms. The zero-order valence-electron chi connectivity index (χ0n) is 14.2. The van der Waals surface area contributed by atoms with Gasteiger partial charge in [-0.1, -0.05) is 6.07 Å². The number of urea groups is 1. The molecule has 1 atom stereocenters. The molecule has 3 N–H and O–H groups in total. The van der Waals surface area contributed by atoms with E-state index in [1.807, 2.05) is 19.2 Å². The lowest BCUT2D eigenvalue weighted by atomic mass is 9.86. The van der Waals surface area contributed by atoms with E-state index < -0.39 is 5.97 Å². The molecule has 1 aliphatic rings. The second kappa shape index (κ2) is 9.25. The minimum absolute atomic E-state index is 0.0863. The van der Waals surface area contributed by atoms with Gasteiger partial charge in [0.15, 0.2) is 0 Å². The van der Waals surface area contributed by atoms with E-state index in [2.05, 4.69) is 21.7 Å². The van der Waals surface area contributed by atoms with Gasteiger partial charge in [0.05, 0.1) is 5.92 Å². The third-order valence-corrected chi connectivity index (χ3v) is 4.61. The van der Waals surface area contributed by atoms with Gasteiger partial charge in [0.1, 0.15) is 0 Å². The van der Waals surface area contributed by atoms with Crippen molar-refractivity contribution in [2.75, 3.05) is 0 Å². The van der Waals surface area contributed by atoms with Crippen LogP contribution < -0.4 is 10.6 Å². The number of pyridine rings is 1. The largest absolute Gasteiger partial charge is 0.481 e. The number of nitrogens with one attached hydrogen (secondary N) is 2. The number of carboxylic acids is 1. The SMILES string of the molecule is CC(CCCc1cccnc1)NC(=O)NC1CCC(C(=O)O)CC1. The summed E-state index contributed by atoms with van der Waals surface area (Å²) in [5.41, 5.74) is 1.21. The lowest BCUT2D eigenvalue weighted by Gasteiger charge is -2.27. The Hall–Kier alpha value is -2.11. The fraction of sp³-hybridized carbons (Fsp3) is 0.611. The molecule has 0 saturated heterocycles. The highest BCUT2D eigenvalue weighted by atomic mass is 16.4. The molecule has 6 nitrogen and oxygen atoms in total. The van der Waals surface area contributed by atoms with E-state index in [4.69, 9.17) is 5.11 Å². The molecular formula is C18H27N3O3. The van der Waals surface area contributed by atoms with E-state index in [0.717, 1.165) is 32.1 Å². The number of amides is 2. The molecule has 2 rings (SSSR count). The highest BCUT2D eigenvalue weighted by molar-refractivity contribution is 5.74. The van der Waals surface area contributed by atoms with Crippen LogP contribution in [0.5, 0.6) is 0 Å². The second-order valence-electron chi connectivity index (χ2n) is 6.66. The van der Waals surface area contributed by atoms with Crippen molar-refractivity contribution in [2.24, 2.45) is 5.92 Å². The summed E-state index contributed by atoms with van der Waals surface area (Å²) in [5.74, 6) is -0.974. The van der Waals surface area contributed by atoms with Crippen LogP contribution in [0.4, 0.5) is 4.79 Å². The average Bonchev–Trinajstić information content (AvgIpc) is 2.56. The minimum Gasteiger partial charge on any atom is -0.481 e. The summed E-state index contributed by atoms with van der Waals surface area (Å²) in [6.45, 7) is 2.00. The third kappa shape index (κ3) is 6.18. The predicted octanol–water partition coefficient (Wildman–Crippen LogP) is 2.74. The number of carboxylic acid groups (broad SMARTS) is 1. The first-order chi connectivity index (χ1) is 11.5. The van der Waals surface area contributed by atoms with E-state index in [9.17, 15) is 9.59 Å². The molecule has 0 aliphatic heterocycles. The fourth-order valence-corrected chi connectivity index (χ4v) is 3.17. The molecule has 0 spiro atoms. The maximum atomic E-state index is 12.0. The number of hydrogen-bond donors (Lipinski definition) is 3. The number of aryl methyl sites for hydroxylation is 1. The molecule has 6 heteroatoms. The first-order valence-electron chi connectivity index (χ1n) is 8.73. The van der Waals surface area contributed by atoms with Crippen LogP contribution >= 0.6 is 0 Å². The molecule has 24 heavy (non-hydrogen) atoms. The van der Waals surface area contributed by atoms with Crippen molar-refractivity contribution < 1.29 is 14.7 Å². The zero-order valence-corrected chi connectivity index (χ0v) is 14.2. The monoisotopic (exact) mass is 333 g/mol. The lowest BCUT2D eigenvalue weighted by molar-refractivity contribution is -0.142. The van der Waals surface area contributed by atoms with Crippen molar-refractivity contribution in [3.8, 4) is 0 Å². The van der Waals surface area contributed by atoms with Crippen LogP contribution in [0.1, 0.15) is 51.0 Å². The van der Waals surface area contributed by atoms with Gasteiger partial charge in [0.2, 0.25) is 0 Å². The molecule has 1 aromatic heterocycles. The summed E-state index contributed by atoms with van der Waals surface area (Å²) in [5, 5.41) is 14.9. The number of aliphatic carboxylic acids is 1. The Morgan fingerprint density at radius 1 is 1.33 bits per heavy atom. The van der Waals surface area contributed by atoms with Crippen LogP contribution in [0.25, 0.3) is 0 Å². The maximum Gasteiger partial charge on any atom is 0.315 e. The van der Waals surface area contributed by atoms with Crippen molar-refractivity contribution in [3.63, 3.8) is 0 Å². The fourth-order valence-electron chi connectivity index (χ4n) is 3.17. The summed E-state index contributed by atoms with van der Waals surface area (Å²) < 4.78 is 0. The van der Waals surface area contributed by atoms with Gasteiger partial charge in [0.25, 0.3) is 0 Å². The molecule has 2 amide bonds. The normalized spacial score (nSPS) is 21.7. The molecule has 132 valence electrons. The Morgan fingerprint density at radius 3 is 2.71 bits per heavy atom. The van der Waals surface area contributed by atoms with Crippen molar-refractivity contribution in [2.45, 2.75) is 64.0 Å². The molecule has 1 aromatic rings. The Labute approximate surface area is 143 Å². The van der Waals surface area contributed by atoms with E-state index in [0.29, 0.717) is 12.8 Å². The van der Waals surface area contributed by atoms with E-state index in [1.165, 1.54) is 5.56 Å². The second-order valence-corrected chi connectivity index (χ2v) is 6.66. The van der Waals surface area contributed by atoms with Crippen LogP contribution in [-0.4, -0.2) is 34.2 Å². The van der Waals surface area contributed by atoms with E-state index >= 15 is 0 Å². The molecule has 1 saturated carbocycles. The van der Waals surface area contributed by atoms with Crippen molar-refractivity contribution in [1.82, 2.24) is 15.6 Å². The van der Waals surface area contributed by atoms with E-state index in [-0.39, 0.29) is 24.0 Å². The number of rotatable bonds is 7. The Kier molecular flexibility index (Phi) is 7.03. The Morgan fingerprint density at radius 2 is 2.08 bits per heavy atom. The van der Waals surface area contributed by atoms with Crippen LogP contribution in [0.2, 0.25) is 0 Å². The van der Waals surface area contributed by atoms with Crippen LogP contribution in [0.15, 0.2) is 24.5 Å². The van der Waals surface area contributed by atoms with Crippen LogP contribution in [0.3, 0.4) is 0 Å². The van der Waals surface area contributed by atoms with Gasteiger partial charge >= 0.3 is 12.0 Å². The van der Waals surface area contributed by atoms with Gasteiger partial charge in [-0.3, -0.25) is 9.78 Å². The summed E-state index contributed by atoms with van der Waals surface area (Å²) in [4.78, 5) is 27.0. The topological polar surface area (TPSA) is 91.3 Å². The molecular weight excluding hydrogens is 306 g/mol. The number of carbonyl (C=O) groups excluding carboxylic acids is 1. The number of hydrogen-bond acceptors (Lipinski definition) is 3. The van der Waals surface area contributed by atoms with Gasteiger partial charge < -0.3 is 15.7 Å². The van der Waals surface area contributed by atoms with Crippen LogP contribution in [-0.2, 0) is 11.2 Å². The summed E-state index contributed by atoms with van der Waals surface area (Å²) >= 11 is 0. The average molecular weight is 333 g/mol. The summed E-state index contributed by atoms with van der Waals surface area (Å²) in [6, 6.07) is 4.04. The highest BCUT2D eigenvalue weighted by Crippen LogP contribution is 2.24. The first kappa shape index (κ1) is 18.2. The summed E-state index contributed by atoms with van der Waals surface area (Å²) in [6.07, 6.45) is 9.26. The first-order valence-corrected chi connectivity index (χ1v) is 8.73. The summed E-state index contributed by atoms with van der Waals surface area (Å²) in [7, 11) is 0. The molecule has 1 heterocycles. The lowest BCUT2D eigenvalue weighted by Crippen LogP contribution is -2.46. The zero-order chi connectivity index (χ0) is 17.4. The van der Waals surface area contributed by atoms with Gasteiger partial charge in [-0.05, 0) is 63.5 Å². The number of nitrogens with zero attached hydrogens (tertiary/aromatic N) is 1.